The van der Waals surface area contributed by atoms with Crippen LogP contribution in [0.25, 0.3) is 0 Å². The molecule has 3 aliphatic rings. The molecular weight excluding hydrogens is 214 g/mol. The number of nitrogens with one attached hydrogen (secondary N) is 1. The van der Waals surface area contributed by atoms with Gasteiger partial charge in [-0.05, 0) is 18.8 Å². The van der Waals surface area contributed by atoms with E-state index >= 15 is 0 Å². The van der Waals surface area contributed by atoms with Gasteiger partial charge in [-0.2, -0.15) is 0 Å². The van der Waals surface area contributed by atoms with E-state index in [4.69, 9.17) is 9.47 Å². The van der Waals surface area contributed by atoms with Crippen LogP contribution in [0.1, 0.15) is 44.9 Å². The summed E-state index contributed by atoms with van der Waals surface area (Å²) in [5.41, 5.74) is 0.0957. The number of morpholine rings is 1. The molecule has 1 saturated carbocycles. The maximum Gasteiger partial charge on any atom is 0.0881 e. The van der Waals surface area contributed by atoms with Crippen molar-refractivity contribution in [2.75, 3.05) is 26.4 Å². The van der Waals surface area contributed by atoms with Gasteiger partial charge in [-0.3, -0.25) is 0 Å². The minimum atomic E-state index is 0.0957. The van der Waals surface area contributed by atoms with E-state index in [1.165, 1.54) is 32.1 Å². The van der Waals surface area contributed by atoms with Crippen molar-refractivity contribution in [3.63, 3.8) is 0 Å². The summed E-state index contributed by atoms with van der Waals surface area (Å²) in [4.78, 5) is 0. The van der Waals surface area contributed by atoms with Crippen LogP contribution in [0.15, 0.2) is 0 Å². The van der Waals surface area contributed by atoms with Crippen LogP contribution in [0, 0.1) is 5.92 Å². The monoisotopic (exact) mass is 239 g/mol. The van der Waals surface area contributed by atoms with Gasteiger partial charge in [0.15, 0.2) is 0 Å². The third-order valence-corrected chi connectivity index (χ3v) is 4.88. The van der Waals surface area contributed by atoms with Crippen molar-refractivity contribution >= 4 is 0 Å². The summed E-state index contributed by atoms with van der Waals surface area (Å²) in [5, 5.41) is 3.77. The lowest BCUT2D eigenvalue weighted by Crippen LogP contribution is -2.63. The van der Waals surface area contributed by atoms with Gasteiger partial charge in [0.2, 0.25) is 0 Å². The predicted octanol–water partition coefficient (Wildman–Crippen LogP) is 2.10. The lowest BCUT2D eigenvalue weighted by atomic mass is 9.73. The molecule has 1 unspecified atom stereocenters. The fourth-order valence-corrected chi connectivity index (χ4v) is 3.98. The fourth-order valence-electron chi connectivity index (χ4n) is 3.98. The van der Waals surface area contributed by atoms with E-state index in [-0.39, 0.29) is 5.60 Å². The highest BCUT2D eigenvalue weighted by atomic mass is 16.5. The predicted molar refractivity (Wildman–Crippen MR) is 67.1 cm³/mol. The molecule has 3 heteroatoms. The first-order valence-corrected chi connectivity index (χ1v) is 7.36. The molecule has 3 fully saturated rings. The Morgan fingerprint density at radius 2 is 1.71 bits per heavy atom. The Balaban J connectivity index is 1.73. The standard InChI is InChI=1S/C14H25NO2/c1-2-4-12(5-3-1)13-14(17-11-8-15-13)6-9-16-10-7-14/h12-13,15H,1-11H2. The van der Waals surface area contributed by atoms with Crippen molar-refractivity contribution in [3.05, 3.63) is 0 Å². The van der Waals surface area contributed by atoms with Gasteiger partial charge in [0.05, 0.1) is 12.2 Å². The first kappa shape index (κ1) is 11.9. The Morgan fingerprint density at radius 1 is 0.941 bits per heavy atom. The van der Waals surface area contributed by atoms with Crippen molar-refractivity contribution in [3.8, 4) is 0 Å². The van der Waals surface area contributed by atoms with Gasteiger partial charge < -0.3 is 14.8 Å². The molecule has 1 aliphatic carbocycles. The molecule has 2 heterocycles. The summed E-state index contributed by atoms with van der Waals surface area (Å²) in [6, 6.07) is 0.584. The first-order chi connectivity index (χ1) is 8.41. The number of hydrogen-bond acceptors (Lipinski definition) is 3. The Morgan fingerprint density at radius 3 is 2.47 bits per heavy atom. The van der Waals surface area contributed by atoms with Crippen LogP contribution in [0.4, 0.5) is 0 Å². The van der Waals surface area contributed by atoms with E-state index in [1.54, 1.807) is 0 Å². The van der Waals surface area contributed by atoms with Crippen LogP contribution in [0.5, 0.6) is 0 Å². The molecule has 0 aromatic carbocycles. The second-order valence-corrected chi connectivity index (χ2v) is 5.86. The van der Waals surface area contributed by atoms with Crippen LogP contribution >= 0.6 is 0 Å². The highest BCUT2D eigenvalue weighted by molar-refractivity contribution is 5.01. The molecule has 17 heavy (non-hydrogen) atoms. The zero-order valence-corrected chi connectivity index (χ0v) is 10.7. The Bertz CT molecular complexity index is 236. The second kappa shape index (κ2) is 5.25. The summed E-state index contributed by atoms with van der Waals surface area (Å²) in [7, 11) is 0. The highest BCUT2D eigenvalue weighted by Gasteiger charge is 2.46. The van der Waals surface area contributed by atoms with Crippen molar-refractivity contribution < 1.29 is 9.47 Å². The first-order valence-electron chi connectivity index (χ1n) is 7.36. The number of ether oxygens (including phenoxy) is 2. The zero-order chi connectivity index (χ0) is 11.6. The molecular formula is C14H25NO2. The molecule has 0 aromatic heterocycles. The summed E-state index contributed by atoms with van der Waals surface area (Å²) in [6.45, 7) is 3.67. The van der Waals surface area contributed by atoms with E-state index < -0.39 is 0 Å². The van der Waals surface area contributed by atoms with Crippen molar-refractivity contribution in [2.45, 2.75) is 56.6 Å². The molecule has 1 atom stereocenters. The summed E-state index contributed by atoms with van der Waals surface area (Å²) in [5.74, 6) is 0.835. The quantitative estimate of drug-likeness (QED) is 0.760. The third kappa shape index (κ3) is 2.38. The minimum Gasteiger partial charge on any atom is -0.381 e. The smallest absolute Gasteiger partial charge is 0.0881 e. The van der Waals surface area contributed by atoms with Crippen molar-refractivity contribution in [1.82, 2.24) is 5.32 Å². The molecule has 1 N–H and O–H groups in total. The zero-order valence-electron chi connectivity index (χ0n) is 10.7. The van der Waals surface area contributed by atoms with Gasteiger partial charge in [0.1, 0.15) is 0 Å². The number of hydrogen-bond donors (Lipinski definition) is 1. The average molecular weight is 239 g/mol. The van der Waals surface area contributed by atoms with Crippen LogP contribution in [0.2, 0.25) is 0 Å². The molecule has 3 rings (SSSR count). The molecule has 0 radical (unpaired) electrons. The lowest BCUT2D eigenvalue weighted by molar-refractivity contribution is -0.160. The third-order valence-electron chi connectivity index (χ3n) is 4.88. The molecule has 0 aromatic rings. The van der Waals surface area contributed by atoms with E-state index in [9.17, 15) is 0 Å². The van der Waals surface area contributed by atoms with Gasteiger partial charge >= 0.3 is 0 Å². The molecule has 0 bridgehead atoms. The molecule has 98 valence electrons. The van der Waals surface area contributed by atoms with Crippen LogP contribution in [-0.2, 0) is 9.47 Å². The average Bonchev–Trinajstić information content (AvgIpc) is 2.41. The maximum absolute atomic E-state index is 6.23. The topological polar surface area (TPSA) is 30.5 Å². The molecule has 3 nitrogen and oxygen atoms in total. The van der Waals surface area contributed by atoms with Gasteiger partial charge in [0, 0.05) is 38.6 Å². The Labute approximate surface area is 104 Å². The van der Waals surface area contributed by atoms with Gasteiger partial charge in [-0.25, -0.2) is 0 Å². The van der Waals surface area contributed by atoms with Gasteiger partial charge in [-0.15, -0.1) is 0 Å². The van der Waals surface area contributed by atoms with Crippen LogP contribution in [0.3, 0.4) is 0 Å². The minimum absolute atomic E-state index is 0.0957. The van der Waals surface area contributed by atoms with Crippen molar-refractivity contribution in [2.24, 2.45) is 5.92 Å². The summed E-state index contributed by atoms with van der Waals surface area (Å²) >= 11 is 0. The normalized spacial score (nSPS) is 34.9. The largest absolute Gasteiger partial charge is 0.381 e. The SMILES string of the molecule is C1CCC(C2NCCOC23CCOCC3)CC1. The lowest BCUT2D eigenvalue weighted by Gasteiger charge is -2.50. The van der Waals surface area contributed by atoms with E-state index in [1.807, 2.05) is 0 Å². The van der Waals surface area contributed by atoms with E-state index in [0.717, 1.165) is 45.1 Å². The maximum atomic E-state index is 6.23. The Kier molecular flexibility index (Phi) is 3.69. The molecule has 2 aliphatic heterocycles. The van der Waals surface area contributed by atoms with E-state index in [0.29, 0.717) is 6.04 Å². The van der Waals surface area contributed by atoms with Crippen LogP contribution < -0.4 is 5.32 Å². The summed E-state index contributed by atoms with van der Waals surface area (Å²) < 4.78 is 11.8. The molecule has 2 saturated heterocycles. The van der Waals surface area contributed by atoms with Gasteiger partial charge in [0.25, 0.3) is 0 Å². The van der Waals surface area contributed by atoms with Gasteiger partial charge in [-0.1, -0.05) is 19.3 Å². The Hall–Kier alpha value is -0.120. The second-order valence-electron chi connectivity index (χ2n) is 5.86. The fraction of sp³-hybridized carbons (Fsp3) is 1.00. The van der Waals surface area contributed by atoms with Crippen LogP contribution in [-0.4, -0.2) is 38.0 Å². The van der Waals surface area contributed by atoms with E-state index in [2.05, 4.69) is 5.32 Å². The molecule has 1 spiro atoms. The molecule has 0 amide bonds. The van der Waals surface area contributed by atoms with Crippen molar-refractivity contribution in [1.29, 1.82) is 0 Å². The highest BCUT2D eigenvalue weighted by Crippen LogP contribution is 2.39. The number of rotatable bonds is 1. The summed E-state index contributed by atoms with van der Waals surface area (Å²) in [6.07, 6.45) is 9.21.